The van der Waals surface area contributed by atoms with Gasteiger partial charge in [0.2, 0.25) is 0 Å². The lowest BCUT2D eigenvalue weighted by Gasteiger charge is -2.09. The molecule has 1 N–H and O–H groups in total. The van der Waals surface area contributed by atoms with Gasteiger partial charge in [-0.3, -0.25) is 0 Å². The van der Waals surface area contributed by atoms with Gasteiger partial charge in [-0.25, -0.2) is 14.4 Å². The van der Waals surface area contributed by atoms with Crippen LogP contribution in [0.4, 0.5) is 10.2 Å². The highest BCUT2D eigenvalue weighted by Crippen LogP contribution is 2.20. The van der Waals surface area contributed by atoms with Crippen molar-refractivity contribution in [3.8, 4) is 11.8 Å². The normalized spacial score (nSPS) is 18.0. The van der Waals surface area contributed by atoms with Gasteiger partial charge in [0.1, 0.15) is 12.5 Å². The summed E-state index contributed by atoms with van der Waals surface area (Å²) in [4.78, 5) is 9.07. The van der Waals surface area contributed by atoms with Gasteiger partial charge in [-0.2, -0.15) is 0 Å². The summed E-state index contributed by atoms with van der Waals surface area (Å²) in [5.41, 5.74) is 3.80. The molecule has 1 aromatic rings. The number of anilines is 1. The van der Waals surface area contributed by atoms with Gasteiger partial charge >= 0.3 is 0 Å². The third-order valence-electron chi connectivity index (χ3n) is 4.22. The van der Waals surface area contributed by atoms with Crippen LogP contribution in [0.1, 0.15) is 52.3 Å². The van der Waals surface area contributed by atoms with Gasteiger partial charge in [0.05, 0.1) is 5.70 Å². The van der Waals surface area contributed by atoms with Crippen LogP contribution < -0.4 is 5.32 Å². The van der Waals surface area contributed by atoms with Crippen LogP contribution in [0.25, 0.3) is 5.57 Å². The number of alkyl halides is 1. The Morgan fingerprint density at radius 3 is 2.93 bits per heavy atom. The fraction of sp³-hybridized carbons (Fsp3) is 0.333. The molecule has 0 aromatic carbocycles. The minimum absolute atomic E-state index is 0.440. The molecule has 1 aliphatic rings. The van der Waals surface area contributed by atoms with Crippen molar-refractivity contribution in [3.05, 3.63) is 71.4 Å². The van der Waals surface area contributed by atoms with Crippen LogP contribution in [0.5, 0.6) is 0 Å². The summed E-state index contributed by atoms with van der Waals surface area (Å²) in [6.07, 6.45) is 17.3. The van der Waals surface area contributed by atoms with Crippen molar-refractivity contribution in [2.24, 2.45) is 0 Å². The standard InChI is InChI=1S/C24H28FN3/c1-4-8-20(18-25)14-15-22(9-5-2)27-23-16-17-26-24(28-23)21-12-6-10-19(3)11-7-13-21/h6,10-11,13-17H,4,7-8,12,18H2,1-3H3,(H,26,27,28)/b10-6-,19-11?,20-14-,21-13+,22-15+. The Hall–Kier alpha value is -2.93. The number of hydrogen-bond donors (Lipinski definition) is 1. The molecule has 0 saturated carbocycles. The first-order chi connectivity index (χ1) is 13.7. The van der Waals surface area contributed by atoms with Crippen LogP contribution in [0.15, 0.2) is 65.6 Å². The molecule has 0 unspecified atom stereocenters. The zero-order valence-corrected chi connectivity index (χ0v) is 16.9. The van der Waals surface area contributed by atoms with Gasteiger partial charge in [-0.1, -0.05) is 55.2 Å². The first-order valence-corrected chi connectivity index (χ1v) is 9.67. The van der Waals surface area contributed by atoms with Crippen molar-refractivity contribution in [1.29, 1.82) is 0 Å². The van der Waals surface area contributed by atoms with Crippen LogP contribution in [0, 0.1) is 11.8 Å². The van der Waals surface area contributed by atoms with E-state index in [1.54, 1.807) is 19.2 Å². The predicted molar refractivity (Wildman–Crippen MR) is 116 cm³/mol. The molecule has 0 atom stereocenters. The Labute approximate surface area is 167 Å². The number of rotatable bonds is 7. The summed E-state index contributed by atoms with van der Waals surface area (Å²) in [5.74, 6) is 7.27. The fourth-order valence-corrected chi connectivity index (χ4v) is 2.78. The number of allylic oxidation sites excluding steroid dienone is 10. The second-order valence-electron chi connectivity index (χ2n) is 6.57. The molecule has 0 bridgehead atoms. The molecule has 0 saturated heterocycles. The molecule has 0 amide bonds. The molecule has 28 heavy (non-hydrogen) atoms. The van der Waals surface area contributed by atoms with Gasteiger partial charge in [-0.15, -0.1) is 0 Å². The molecule has 1 heterocycles. The van der Waals surface area contributed by atoms with Gasteiger partial charge in [0, 0.05) is 6.20 Å². The van der Waals surface area contributed by atoms with Crippen LogP contribution in [0.3, 0.4) is 0 Å². The SMILES string of the molecule is CC#C/C(=C\C=C(/CF)CCC)Nc1ccnc(/C2=C/CC=C(C)/C=C\C2)n1. The molecule has 4 heteroatoms. The fourth-order valence-electron chi connectivity index (χ4n) is 2.78. The average Bonchev–Trinajstić information content (AvgIpc) is 2.68. The molecule has 1 aliphatic carbocycles. The summed E-state index contributed by atoms with van der Waals surface area (Å²) in [7, 11) is 0. The van der Waals surface area contributed by atoms with Crippen molar-refractivity contribution in [2.75, 3.05) is 12.0 Å². The lowest BCUT2D eigenvalue weighted by atomic mass is 10.1. The highest BCUT2D eigenvalue weighted by Gasteiger charge is 2.06. The molecule has 1 aromatic heterocycles. The largest absolute Gasteiger partial charge is 0.333 e. The van der Waals surface area contributed by atoms with E-state index < -0.39 is 6.67 Å². The molecule has 0 radical (unpaired) electrons. The summed E-state index contributed by atoms with van der Waals surface area (Å²) in [6, 6.07) is 1.81. The molecule has 3 nitrogen and oxygen atoms in total. The summed E-state index contributed by atoms with van der Waals surface area (Å²) < 4.78 is 13.1. The van der Waals surface area contributed by atoms with E-state index in [9.17, 15) is 4.39 Å². The third kappa shape index (κ3) is 7.00. The van der Waals surface area contributed by atoms with Crippen molar-refractivity contribution < 1.29 is 4.39 Å². The number of nitrogens with zero attached hydrogens (tertiary/aromatic N) is 2. The molecule has 146 valence electrons. The van der Waals surface area contributed by atoms with E-state index in [0.29, 0.717) is 17.3 Å². The monoisotopic (exact) mass is 377 g/mol. The van der Waals surface area contributed by atoms with Gasteiger partial charge < -0.3 is 5.32 Å². The third-order valence-corrected chi connectivity index (χ3v) is 4.22. The number of hydrogen-bond acceptors (Lipinski definition) is 3. The van der Waals surface area contributed by atoms with Crippen molar-refractivity contribution in [1.82, 2.24) is 9.97 Å². The minimum Gasteiger partial charge on any atom is -0.333 e. The first kappa shape index (κ1) is 21.4. The van der Waals surface area contributed by atoms with E-state index in [1.165, 1.54) is 5.57 Å². The van der Waals surface area contributed by atoms with E-state index >= 15 is 0 Å². The molecule has 0 spiro atoms. The van der Waals surface area contributed by atoms with Crippen molar-refractivity contribution in [2.45, 2.75) is 46.5 Å². The zero-order chi connectivity index (χ0) is 20.2. The molecule has 0 fully saturated rings. The predicted octanol–water partition coefficient (Wildman–Crippen LogP) is 6.17. The maximum absolute atomic E-state index is 13.1. The Morgan fingerprint density at radius 1 is 1.32 bits per heavy atom. The molecular formula is C24H28FN3. The first-order valence-electron chi connectivity index (χ1n) is 9.67. The number of halogens is 1. The quantitative estimate of drug-likeness (QED) is 0.456. The summed E-state index contributed by atoms with van der Waals surface area (Å²) in [6.45, 7) is 5.47. The van der Waals surface area contributed by atoms with Gasteiger partial charge in [-0.05, 0) is 62.3 Å². The van der Waals surface area contributed by atoms with Crippen LogP contribution in [-0.2, 0) is 0 Å². The van der Waals surface area contributed by atoms with E-state index in [2.05, 4.69) is 58.4 Å². The van der Waals surface area contributed by atoms with Crippen LogP contribution in [-0.4, -0.2) is 16.6 Å². The Bertz CT molecular complexity index is 877. The topological polar surface area (TPSA) is 37.8 Å². The van der Waals surface area contributed by atoms with E-state index in [-0.39, 0.29) is 0 Å². The lowest BCUT2D eigenvalue weighted by molar-refractivity contribution is 0.530. The zero-order valence-electron chi connectivity index (χ0n) is 16.9. The molecule has 2 rings (SSSR count). The van der Waals surface area contributed by atoms with Gasteiger partial charge in [0.15, 0.2) is 5.82 Å². The average molecular weight is 378 g/mol. The van der Waals surface area contributed by atoms with Crippen LogP contribution in [0.2, 0.25) is 0 Å². The Kier molecular flexibility index (Phi) is 8.94. The maximum Gasteiger partial charge on any atom is 0.157 e. The number of nitrogens with one attached hydrogen (secondary N) is 1. The summed E-state index contributed by atoms with van der Waals surface area (Å²) >= 11 is 0. The van der Waals surface area contributed by atoms with Crippen molar-refractivity contribution in [3.63, 3.8) is 0 Å². The van der Waals surface area contributed by atoms with E-state index in [1.807, 2.05) is 19.1 Å². The van der Waals surface area contributed by atoms with E-state index in [0.717, 1.165) is 36.8 Å². The van der Waals surface area contributed by atoms with Gasteiger partial charge in [0.25, 0.3) is 0 Å². The second-order valence-corrected chi connectivity index (χ2v) is 6.57. The van der Waals surface area contributed by atoms with Crippen molar-refractivity contribution >= 4 is 11.4 Å². The Balaban J connectivity index is 2.23. The highest BCUT2D eigenvalue weighted by atomic mass is 19.1. The minimum atomic E-state index is -0.440. The maximum atomic E-state index is 13.1. The smallest absolute Gasteiger partial charge is 0.157 e. The number of aromatic nitrogens is 2. The molecular weight excluding hydrogens is 349 g/mol. The molecule has 0 aliphatic heterocycles. The van der Waals surface area contributed by atoms with Crippen LogP contribution >= 0.6 is 0 Å². The van der Waals surface area contributed by atoms with E-state index in [4.69, 9.17) is 0 Å². The Morgan fingerprint density at radius 2 is 2.18 bits per heavy atom. The second kappa shape index (κ2) is 11.7. The highest BCUT2D eigenvalue weighted by molar-refractivity contribution is 5.63. The summed E-state index contributed by atoms with van der Waals surface area (Å²) in [5, 5.41) is 3.23. The lowest BCUT2D eigenvalue weighted by Crippen LogP contribution is -2.03.